The molecule has 0 saturated carbocycles. The first-order valence-electron chi connectivity index (χ1n) is 12.4. The van der Waals surface area contributed by atoms with E-state index in [9.17, 15) is 4.79 Å². The summed E-state index contributed by atoms with van der Waals surface area (Å²) >= 11 is 0. The largest absolute Gasteiger partial charge is 0.382 e. The lowest BCUT2D eigenvalue weighted by Gasteiger charge is -2.31. The molecular weight excluding hydrogens is 448 g/mol. The standard InChI is InChI=1S/C29H28N6O/c1-19(36)34-14-11-20(12-15-34)17-26-33-27(28-29(30)31-13-16-35(26)28)23-8-7-22-9-10-24(32-25(22)18-23)21-5-3-2-4-6-21/h2-10,13,16,18,20H,11-12,14-15,17H2,1H3,(H2,30,31). The van der Waals surface area contributed by atoms with Crippen molar-refractivity contribution in [3.63, 3.8) is 0 Å². The van der Waals surface area contributed by atoms with Gasteiger partial charge < -0.3 is 10.6 Å². The van der Waals surface area contributed by atoms with E-state index in [2.05, 4.69) is 51.8 Å². The maximum absolute atomic E-state index is 11.7. The van der Waals surface area contributed by atoms with Gasteiger partial charge in [0, 0.05) is 55.3 Å². The Morgan fingerprint density at radius 2 is 1.78 bits per heavy atom. The van der Waals surface area contributed by atoms with Crippen molar-refractivity contribution in [1.29, 1.82) is 0 Å². The quantitative estimate of drug-likeness (QED) is 0.395. The second-order valence-corrected chi connectivity index (χ2v) is 9.53. The minimum atomic E-state index is 0.154. The molecule has 7 nitrogen and oxygen atoms in total. The van der Waals surface area contributed by atoms with Crippen LogP contribution in [0.25, 0.3) is 38.9 Å². The summed E-state index contributed by atoms with van der Waals surface area (Å²) in [5, 5.41) is 1.07. The van der Waals surface area contributed by atoms with Crippen LogP contribution in [0.2, 0.25) is 0 Å². The van der Waals surface area contributed by atoms with Crippen LogP contribution < -0.4 is 5.73 Å². The van der Waals surface area contributed by atoms with Crippen LogP contribution in [0.4, 0.5) is 5.82 Å². The first-order chi connectivity index (χ1) is 17.6. The minimum absolute atomic E-state index is 0.154. The molecule has 5 aromatic rings. The molecule has 2 aromatic carbocycles. The van der Waals surface area contributed by atoms with E-state index in [1.54, 1.807) is 13.1 Å². The summed E-state index contributed by atoms with van der Waals surface area (Å²) in [6, 6.07) is 20.6. The lowest BCUT2D eigenvalue weighted by Crippen LogP contribution is -2.37. The molecule has 4 heterocycles. The third kappa shape index (κ3) is 4.06. The number of benzene rings is 2. The van der Waals surface area contributed by atoms with Crippen molar-refractivity contribution in [2.24, 2.45) is 5.92 Å². The summed E-state index contributed by atoms with van der Waals surface area (Å²) in [5.41, 5.74) is 11.9. The van der Waals surface area contributed by atoms with E-state index >= 15 is 0 Å². The number of carbonyl (C=O) groups excluding carboxylic acids is 1. The van der Waals surface area contributed by atoms with Gasteiger partial charge in [-0.2, -0.15) is 0 Å². The zero-order valence-corrected chi connectivity index (χ0v) is 20.3. The van der Waals surface area contributed by atoms with Crippen molar-refractivity contribution in [2.45, 2.75) is 26.2 Å². The summed E-state index contributed by atoms with van der Waals surface area (Å²) in [5.74, 6) is 2.06. The van der Waals surface area contributed by atoms with Crippen LogP contribution in [0.15, 0.2) is 73.1 Å². The van der Waals surface area contributed by atoms with Crippen LogP contribution in [0.5, 0.6) is 0 Å². The number of pyridine rings is 1. The number of likely N-dealkylation sites (tertiary alicyclic amines) is 1. The fourth-order valence-corrected chi connectivity index (χ4v) is 5.22. The Hall–Kier alpha value is -4.26. The normalized spacial score (nSPS) is 14.5. The Morgan fingerprint density at radius 1 is 1.00 bits per heavy atom. The highest BCUT2D eigenvalue weighted by Crippen LogP contribution is 2.32. The summed E-state index contributed by atoms with van der Waals surface area (Å²) in [6.07, 6.45) is 6.46. The SMILES string of the molecule is CC(=O)N1CCC(Cc2nc(-c3ccc4ccc(-c5ccccc5)nc4c3)c3c(N)nccn23)CC1. The number of piperidine rings is 1. The second kappa shape index (κ2) is 9.07. The van der Waals surface area contributed by atoms with Crippen molar-refractivity contribution in [3.05, 3.63) is 78.9 Å². The fraction of sp³-hybridized carbons (Fsp3) is 0.241. The van der Waals surface area contributed by atoms with Crippen LogP contribution in [0.1, 0.15) is 25.6 Å². The minimum Gasteiger partial charge on any atom is -0.382 e. The lowest BCUT2D eigenvalue weighted by molar-refractivity contribution is -0.130. The molecule has 1 fully saturated rings. The first-order valence-corrected chi connectivity index (χ1v) is 12.4. The Balaban J connectivity index is 1.38. The molecule has 180 valence electrons. The van der Waals surface area contributed by atoms with Crippen LogP contribution in [-0.4, -0.2) is 43.2 Å². The summed E-state index contributed by atoms with van der Waals surface area (Å²) in [4.78, 5) is 28.0. The number of nitrogens with zero attached hydrogens (tertiary/aromatic N) is 5. The van der Waals surface area contributed by atoms with Gasteiger partial charge >= 0.3 is 0 Å². The van der Waals surface area contributed by atoms with Crippen molar-refractivity contribution in [2.75, 3.05) is 18.8 Å². The van der Waals surface area contributed by atoms with Crippen LogP contribution in [0, 0.1) is 5.92 Å². The molecule has 36 heavy (non-hydrogen) atoms. The molecule has 1 amide bonds. The van der Waals surface area contributed by atoms with E-state index in [1.807, 2.05) is 29.3 Å². The fourth-order valence-electron chi connectivity index (χ4n) is 5.22. The molecule has 2 N–H and O–H groups in total. The number of anilines is 1. The van der Waals surface area contributed by atoms with Crippen LogP contribution in [0.3, 0.4) is 0 Å². The van der Waals surface area contributed by atoms with E-state index < -0.39 is 0 Å². The van der Waals surface area contributed by atoms with Crippen molar-refractivity contribution in [3.8, 4) is 22.5 Å². The van der Waals surface area contributed by atoms with Crippen molar-refractivity contribution < 1.29 is 4.79 Å². The predicted octanol–water partition coefficient (Wildman–Crippen LogP) is 4.99. The highest BCUT2D eigenvalue weighted by molar-refractivity contribution is 5.91. The average Bonchev–Trinajstić information content (AvgIpc) is 3.28. The molecule has 1 saturated heterocycles. The number of fused-ring (bicyclic) bond motifs is 2. The van der Waals surface area contributed by atoms with Crippen LogP contribution in [-0.2, 0) is 11.2 Å². The number of amides is 1. The molecule has 7 heteroatoms. The maximum atomic E-state index is 11.7. The molecule has 0 bridgehead atoms. The predicted molar refractivity (Wildman–Crippen MR) is 142 cm³/mol. The van der Waals surface area contributed by atoms with Gasteiger partial charge in [0.15, 0.2) is 0 Å². The monoisotopic (exact) mass is 476 g/mol. The summed E-state index contributed by atoms with van der Waals surface area (Å²) in [7, 11) is 0. The average molecular weight is 477 g/mol. The molecule has 0 radical (unpaired) electrons. The molecule has 3 aromatic heterocycles. The highest BCUT2D eigenvalue weighted by Gasteiger charge is 2.24. The number of hydrogen-bond acceptors (Lipinski definition) is 5. The van der Waals surface area contributed by atoms with Gasteiger partial charge in [-0.3, -0.25) is 9.20 Å². The van der Waals surface area contributed by atoms with Gasteiger partial charge in [0.25, 0.3) is 0 Å². The smallest absolute Gasteiger partial charge is 0.219 e. The van der Waals surface area contributed by atoms with Gasteiger partial charge in [-0.05, 0) is 30.9 Å². The van der Waals surface area contributed by atoms with E-state index in [0.717, 1.165) is 77.1 Å². The van der Waals surface area contributed by atoms with Crippen LogP contribution >= 0.6 is 0 Å². The molecule has 0 atom stereocenters. The second-order valence-electron chi connectivity index (χ2n) is 9.53. The van der Waals surface area contributed by atoms with E-state index in [1.165, 1.54) is 0 Å². The maximum Gasteiger partial charge on any atom is 0.219 e. The summed E-state index contributed by atoms with van der Waals surface area (Å²) < 4.78 is 2.08. The molecule has 0 spiro atoms. The van der Waals surface area contributed by atoms with E-state index in [4.69, 9.17) is 15.7 Å². The Labute approximate surface area is 209 Å². The topological polar surface area (TPSA) is 89.4 Å². The number of rotatable bonds is 4. The Morgan fingerprint density at radius 3 is 2.56 bits per heavy atom. The number of nitrogens with two attached hydrogens (primary N) is 1. The van der Waals surface area contributed by atoms with Gasteiger partial charge in [0.1, 0.15) is 22.9 Å². The van der Waals surface area contributed by atoms with Gasteiger partial charge in [0.05, 0.1) is 11.2 Å². The zero-order chi connectivity index (χ0) is 24.6. The molecular formula is C29H28N6O. The first kappa shape index (κ1) is 22.2. The van der Waals surface area contributed by atoms with Gasteiger partial charge in [-0.25, -0.2) is 15.0 Å². The molecule has 1 aliphatic heterocycles. The summed E-state index contributed by atoms with van der Waals surface area (Å²) in [6.45, 7) is 3.26. The Bertz CT molecular complexity index is 1570. The van der Waals surface area contributed by atoms with Gasteiger partial charge in [-0.1, -0.05) is 48.5 Å². The van der Waals surface area contributed by atoms with E-state index in [-0.39, 0.29) is 5.91 Å². The number of aromatic nitrogens is 4. The number of imidazole rings is 1. The number of carbonyl (C=O) groups is 1. The van der Waals surface area contributed by atoms with Gasteiger partial charge in [0.2, 0.25) is 5.91 Å². The highest BCUT2D eigenvalue weighted by atomic mass is 16.2. The lowest BCUT2D eigenvalue weighted by atomic mass is 9.93. The van der Waals surface area contributed by atoms with Crippen molar-refractivity contribution in [1.82, 2.24) is 24.3 Å². The van der Waals surface area contributed by atoms with Crippen molar-refractivity contribution >= 4 is 28.1 Å². The molecule has 1 aliphatic rings. The van der Waals surface area contributed by atoms with E-state index in [0.29, 0.717) is 11.7 Å². The molecule has 0 aliphatic carbocycles. The zero-order valence-electron chi connectivity index (χ0n) is 20.3. The third-order valence-electron chi connectivity index (χ3n) is 7.22. The molecule has 0 unspecified atom stereocenters. The third-order valence-corrected chi connectivity index (χ3v) is 7.22. The molecule has 6 rings (SSSR count). The number of hydrogen-bond donors (Lipinski definition) is 1. The Kier molecular flexibility index (Phi) is 5.60. The number of nitrogen functional groups attached to an aromatic ring is 1. The van der Waals surface area contributed by atoms with Gasteiger partial charge in [-0.15, -0.1) is 0 Å².